The molecule has 4 heteroatoms. The first-order valence-electron chi connectivity index (χ1n) is 4.50. The molecule has 72 valence electrons. The second-order valence-corrected chi connectivity index (χ2v) is 3.02. The van der Waals surface area contributed by atoms with Crippen molar-refractivity contribution in [3.8, 4) is 0 Å². The van der Waals surface area contributed by atoms with Gasteiger partial charge in [-0.1, -0.05) is 13.8 Å². The van der Waals surface area contributed by atoms with E-state index >= 15 is 0 Å². The Morgan fingerprint density at radius 3 is 1.83 bits per heavy atom. The molecule has 0 aromatic rings. The van der Waals surface area contributed by atoms with Crippen LogP contribution in [0.2, 0.25) is 0 Å². The van der Waals surface area contributed by atoms with Gasteiger partial charge in [-0.3, -0.25) is 0 Å². The Morgan fingerprint density at radius 1 is 1.08 bits per heavy atom. The van der Waals surface area contributed by atoms with E-state index in [4.69, 9.17) is 0 Å². The van der Waals surface area contributed by atoms with E-state index in [2.05, 4.69) is 0 Å². The van der Waals surface area contributed by atoms with E-state index in [1.165, 1.54) is 9.80 Å². The molecule has 0 aliphatic carbocycles. The number of rotatable bonds is 2. The third-order valence-corrected chi connectivity index (χ3v) is 2.38. The van der Waals surface area contributed by atoms with Crippen LogP contribution in [-0.2, 0) is 0 Å². The Bertz CT molecular complexity index is 136. The summed E-state index contributed by atoms with van der Waals surface area (Å²) in [6.07, 6.45) is -1.88. The van der Waals surface area contributed by atoms with Crippen LogP contribution in [0, 0.1) is 0 Å². The maximum absolute atomic E-state index is 13.4. The molecule has 0 aromatic carbocycles. The summed E-state index contributed by atoms with van der Waals surface area (Å²) < 4.78 is 26.8. The molecule has 12 heavy (non-hydrogen) atoms. The first-order chi connectivity index (χ1) is 5.62. The van der Waals surface area contributed by atoms with Crippen LogP contribution in [0.1, 0.15) is 20.3 Å². The second kappa shape index (κ2) is 3.66. The Balaban J connectivity index is 2.67. The second-order valence-electron chi connectivity index (χ2n) is 3.02. The topological polar surface area (TPSA) is 6.48 Å². The molecule has 0 N–H and O–H groups in total. The van der Waals surface area contributed by atoms with Gasteiger partial charge in [-0.05, 0) is 6.42 Å². The number of hydrogen-bond donors (Lipinski definition) is 0. The van der Waals surface area contributed by atoms with Crippen molar-refractivity contribution >= 4 is 0 Å². The molecule has 0 radical (unpaired) electrons. The summed E-state index contributed by atoms with van der Waals surface area (Å²) in [6.45, 7) is 5.41. The Kier molecular flexibility index (Phi) is 3.01. The van der Waals surface area contributed by atoms with Crippen LogP contribution in [0.15, 0.2) is 0 Å². The fraction of sp³-hybridized carbons (Fsp3) is 1.00. The molecule has 0 bridgehead atoms. The summed E-state index contributed by atoms with van der Waals surface area (Å²) in [7, 11) is 0. The van der Waals surface area contributed by atoms with Crippen molar-refractivity contribution in [2.75, 3.05) is 26.2 Å². The molecule has 1 heterocycles. The molecular weight excluding hydrogens is 162 g/mol. The monoisotopic (exact) mass is 178 g/mol. The molecule has 1 aliphatic heterocycles. The van der Waals surface area contributed by atoms with Gasteiger partial charge in [-0.2, -0.15) is 8.78 Å². The molecule has 0 unspecified atom stereocenters. The van der Waals surface area contributed by atoms with E-state index in [0.717, 1.165) is 6.42 Å². The summed E-state index contributed by atoms with van der Waals surface area (Å²) >= 11 is 0. The number of hydrogen-bond acceptors (Lipinski definition) is 2. The lowest BCUT2D eigenvalue weighted by Crippen LogP contribution is -2.58. The highest BCUT2D eigenvalue weighted by atomic mass is 19.3. The van der Waals surface area contributed by atoms with E-state index in [9.17, 15) is 8.78 Å². The minimum atomic E-state index is -2.72. The van der Waals surface area contributed by atoms with Crippen LogP contribution in [0.3, 0.4) is 0 Å². The van der Waals surface area contributed by atoms with Crippen molar-refractivity contribution in [1.82, 2.24) is 9.80 Å². The minimum absolute atomic E-state index is 0.420. The zero-order valence-corrected chi connectivity index (χ0v) is 7.69. The first kappa shape index (κ1) is 9.86. The molecule has 0 saturated carbocycles. The van der Waals surface area contributed by atoms with Gasteiger partial charge in [0.1, 0.15) is 0 Å². The van der Waals surface area contributed by atoms with Gasteiger partial charge in [0.05, 0.1) is 0 Å². The van der Waals surface area contributed by atoms with Crippen molar-refractivity contribution in [2.24, 2.45) is 0 Å². The number of halogens is 2. The molecular formula is C8H16F2N2. The summed E-state index contributed by atoms with van der Waals surface area (Å²) in [5.74, 6) is 0. The molecule has 1 fully saturated rings. The van der Waals surface area contributed by atoms with Crippen LogP contribution in [-0.4, -0.2) is 42.1 Å². The Hall–Kier alpha value is -0.220. The zero-order chi connectivity index (χ0) is 9.19. The fourth-order valence-corrected chi connectivity index (χ4v) is 1.62. The van der Waals surface area contributed by atoms with Crippen molar-refractivity contribution in [2.45, 2.75) is 26.4 Å². The smallest absolute Gasteiger partial charge is 0.230 e. The lowest BCUT2D eigenvalue weighted by atomic mass is 10.3. The maximum atomic E-state index is 13.4. The van der Waals surface area contributed by atoms with Crippen LogP contribution in [0.25, 0.3) is 0 Å². The highest BCUT2D eigenvalue weighted by Crippen LogP contribution is 2.28. The van der Waals surface area contributed by atoms with Gasteiger partial charge in [-0.25, -0.2) is 9.80 Å². The normalized spacial score (nSPS) is 26.0. The SMILES string of the molecule is CCN1CCCN(CC)C1(F)F. The lowest BCUT2D eigenvalue weighted by Gasteiger charge is -2.42. The molecule has 2 nitrogen and oxygen atoms in total. The first-order valence-corrected chi connectivity index (χ1v) is 4.50. The highest BCUT2D eigenvalue weighted by molar-refractivity contribution is 4.76. The van der Waals surface area contributed by atoms with Gasteiger partial charge >= 0.3 is 6.17 Å². The van der Waals surface area contributed by atoms with Gasteiger partial charge in [0.25, 0.3) is 0 Å². The molecule has 0 atom stereocenters. The van der Waals surface area contributed by atoms with Crippen molar-refractivity contribution in [3.05, 3.63) is 0 Å². The third-order valence-electron chi connectivity index (χ3n) is 2.38. The molecule has 0 aromatic heterocycles. The summed E-state index contributed by atoms with van der Waals surface area (Å²) in [6, 6.07) is 0. The predicted octanol–water partition coefficient (Wildman–Crippen LogP) is 1.58. The standard InChI is InChI=1S/C8H16F2N2/c1-3-11-6-5-7-12(4-2)8(11,9)10/h3-7H2,1-2H3. The van der Waals surface area contributed by atoms with Gasteiger partial charge in [0.2, 0.25) is 0 Å². The quantitative estimate of drug-likeness (QED) is 0.592. The van der Waals surface area contributed by atoms with Gasteiger partial charge in [0, 0.05) is 26.2 Å². The lowest BCUT2D eigenvalue weighted by molar-refractivity contribution is -0.266. The van der Waals surface area contributed by atoms with E-state index < -0.39 is 6.17 Å². The van der Waals surface area contributed by atoms with Crippen LogP contribution < -0.4 is 0 Å². The van der Waals surface area contributed by atoms with Crippen molar-refractivity contribution in [1.29, 1.82) is 0 Å². The van der Waals surface area contributed by atoms with E-state index in [-0.39, 0.29) is 0 Å². The van der Waals surface area contributed by atoms with Gasteiger partial charge < -0.3 is 0 Å². The van der Waals surface area contributed by atoms with Gasteiger partial charge in [-0.15, -0.1) is 0 Å². The van der Waals surface area contributed by atoms with Gasteiger partial charge in [0.15, 0.2) is 0 Å². The summed E-state index contributed by atoms with van der Waals surface area (Å²) in [4.78, 5) is 2.44. The minimum Gasteiger partial charge on any atom is -0.230 e. The third kappa shape index (κ3) is 1.59. The molecule has 1 saturated heterocycles. The summed E-state index contributed by atoms with van der Waals surface area (Å²) in [5, 5.41) is 0. The van der Waals surface area contributed by atoms with E-state index in [1.807, 2.05) is 0 Å². The number of alkyl halides is 2. The Morgan fingerprint density at radius 2 is 1.50 bits per heavy atom. The number of nitrogens with zero attached hydrogens (tertiary/aromatic N) is 2. The predicted molar refractivity (Wildman–Crippen MR) is 44.1 cm³/mol. The van der Waals surface area contributed by atoms with Crippen molar-refractivity contribution < 1.29 is 8.78 Å². The maximum Gasteiger partial charge on any atom is 0.369 e. The zero-order valence-electron chi connectivity index (χ0n) is 7.69. The van der Waals surface area contributed by atoms with E-state index in [0.29, 0.717) is 26.2 Å². The molecule has 0 spiro atoms. The van der Waals surface area contributed by atoms with Crippen molar-refractivity contribution in [3.63, 3.8) is 0 Å². The summed E-state index contributed by atoms with van der Waals surface area (Å²) in [5.41, 5.74) is 0. The Labute approximate surface area is 72.1 Å². The van der Waals surface area contributed by atoms with E-state index in [1.54, 1.807) is 13.8 Å². The average molecular weight is 178 g/mol. The average Bonchev–Trinajstić information content (AvgIpc) is 2.03. The van der Waals surface area contributed by atoms with Crippen LogP contribution in [0.4, 0.5) is 8.78 Å². The largest absolute Gasteiger partial charge is 0.369 e. The fourth-order valence-electron chi connectivity index (χ4n) is 1.62. The molecule has 1 aliphatic rings. The highest BCUT2D eigenvalue weighted by Gasteiger charge is 2.44. The molecule has 0 amide bonds. The van der Waals surface area contributed by atoms with Crippen LogP contribution >= 0.6 is 0 Å². The van der Waals surface area contributed by atoms with Crippen LogP contribution in [0.5, 0.6) is 0 Å². The molecule has 1 rings (SSSR count).